The van der Waals surface area contributed by atoms with Gasteiger partial charge >= 0.3 is 0 Å². The summed E-state index contributed by atoms with van der Waals surface area (Å²) >= 11 is 3.41. The van der Waals surface area contributed by atoms with E-state index in [-0.39, 0.29) is 0 Å². The van der Waals surface area contributed by atoms with Gasteiger partial charge in [-0.1, -0.05) is 40.2 Å². The summed E-state index contributed by atoms with van der Waals surface area (Å²) in [6, 6.07) is 8.13. The van der Waals surface area contributed by atoms with Gasteiger partial charge in [0, 0.05) is 11.6 Å². The predicted molar refractivity (Wildman–Crippen MR) is 55.1 cm³/mol. The molecule has 0 aliphatic rings. The Morgan fingerprint density at radius 1 is 1.50 bits per heavy atom. The Hall–Kier alpha value is -0.600. The lowest BCUT2D eigenvalue weighted by Gasteiger charge is -1.93. The highest BCUT2D eigenvalue weighted by Crippen LogP contribution is 2.12. The first-order valence-electron chi connectivity index (χ1n) is 3.74. The summed E-state index contributed by atoms with van der Waals surface area (Å²) < 4.78 is 5.99. The van der Waals surface area contributed by atoms with Crippen LogP contribution in [0.15, 0.2) is 34.8 Å². The molecule has 0 fully saturated rings. The fourth-order valence-electron chi connectivity index (χ4n) is 0.891. The van der Waals surface area contributed by atoms with E-state index < -0.39 is 0 Å². The molecule has 64 valence electrons. The molecule has 0 spiro atoms. The van der Waals surface area contributed by atoms with Gasteiger partial charge in [-0.3, -0.25) is 0 Å². The highest BCUT2D eigenvalue weighted by Gasteiger charge is 1.86. The molecule has 0 unspecified atom stereocenters. The van der Waals surface area contributed by atoms with Crippen LogP contribution in [0.1, 0.15) is 5.56 Å². The lowest BCUT2D eigenvalue weighted by atomic mass is 10.2. The van der Waals surface area contributed by atoms with Crippen molar-refractivity contribution < 1.29 is 4.74 Å². The van der Waals surface area contributed by atoms with E-state index >= 15 is 0 Å². The number of ether oxygens (including phenoxy) is 1. The minimum Gasteiger partial charge on any atom is -0.381 e. The Kier molecular flexibility index (Phi) is 4.05. The van der Waals surface area contributed by atoms with Crippen LogP contribution in [0.5, 0.6) is 0 Å². The molecular formula is C10H11BrO. The first kappa shape index (κ1) is 9.49. The molecule has 1 aromatic carbocycles. The smallest absolute Gasteiger partial charge is 0.0646 e. The molecule has 0 N–H and O–H groups in total. The summed E-state index contributed by atoms with van der Waals surface area (Å²) in [5, 5.41) is 0. The molecule has 0 saturated carbocycles. The zero-order valence-corrected chi connectivity index (χ0v) is 8.54. The van der Waals surface area contributed by atoms with Gasteiger partial charge in [0.15, 0.2) is 0 Å². The van der Waals surface area contributed by atoms with Crippen molar-refractivity contribution in [2.75, 3.05) is 13.7 Å². The van der Waals surface area contributed by atoms with Gasteiger partial charge in [-0.15, -0.1) is 0 Å². The zero-order chi connectivity index (χ0) is 8.81. The summed E-state index contributed by atoms with van der Waals surface area (Å²) in [5.74, 6) is 0. The Bertz CT molecular complexity index is 268. The normalized spacial score (nSPS) is 10.8. The van der Waals surface area contributed by atoms with Crippen LogP contribution in [-0.2, 0) is 4.74 Å². The maximum atomic E-state index is 4.90. The maximum Gasteiger partial charge on any atom is 0.0646 e. The SMILES string of the molecule is COCC=Cc1cccc(Br)c1. The van der Waals surface area contributed by atoms with Crippen LogP contribution in [0, 0.1) is 0 Å². The zero-order valence-electron chi connectivity index (χ0n) is 6.96. The van der Waals surface area contributed by atoms with Crippen molar-refractivity contribution in [2.24, 2.45) is 0 Å². The molecule has 0 radical (unpaired) electrons. The Balaban J connectivity index is 2.63. The fourth-order valence-corrected chi connectivity index (χ4v) is 1.31. The number of hydrogen-bond donors (Lipinski definition) is 0. The van der Waals surface area contributed by atoms with Gasteiger partial charge in [0.05, 0.1) is 6.61 Å². The second-order valence-electron chi connectivity index (χ2n) is 2.41. The molecule has 1 rings (SSSR count). The third-order valence-electron chi connectivity index (χ3n) is 1.42. The van der Waals surface area contributed by atoms with Gasteiger partial charge in [-0.25, -0.2) is 0 Å². The Morgan fingerprint density at radius 3 is 3.00 bits per heavy atom. The molecule has 0 amide bonds. The number of hydrogen-bond acceptors (Lipinski definition) is 1. The van der Waals surface area contributed by atoms with Crippen molar-refractivity contribution in [3.05, 3.63) is 40.4 Å². The minimum absolute atomic E-state index is 0.659. The average Bonchev–Trinajstić information content (AvgIpc) is 2.05. The van der Waals surface area contributed by atoms with Crippen molar-refractivity contribution in [1.82, 2.24) is 0 Å². The largest absolute Gasteiger partial charge is 0.381 e. The quantitative estimate of drug-likeness (QED) is 0.770. The van der Waals surface area contributed by atoms with E-state index in [9.17, 15) is 0 Å². The van der Waals surface area contributed by atoms with Crippen LogP contribution < -0.4 is 0 Å². The van der Waals surface area contributed by atoms with Gasteiger partial charge in [0.2, 0.25) is 0 Å². The number of rotatable bonds is 3. The molecular weight excluding hydrogens is 216 g/mol. The molecule has 0 aliphatic heterocycles. The number of methoxy groups -OCH3 is 1. The third kappa shape index (κ3) is 3.20. The van der Waals surface area contributed by atoms with Gasteiger partial charge in [-0.05, 0) is 17.7 Å². The van der Waals surface area contributed by atoms with Crippen molar-refractivity contribution >= 4 is 22.0 Å². The monoisotopic (exact) mass is 226 g/mol. The van der Waals surface area contributed by atoms with Gasteiger partial charge in [0.1, 0.15) is 0 Å². The molecule has 0 heterocycles. The molecule has 0 aromatic heterocycles. The molecule has 0 saturated heterocycles. The van der Waals surface area contributed by atoms with Crippen LogP contribution in [0.4, 0.5) is 0 Å². The van der Waals surface area contributed by atoms with Crippen LogP contribution in [0.2, 0.25) is 0 Å². The highest BCUT2D eigenvalue weighted by molar-refractivity contribution is 9.10. The topological polar surface area (TPSA) is 9.23 Å². The van der Waals surface area contributed by atoms with Gasteiger partial charge in [0.25, 0.3) is 0 Å². The number of benzene rings is 1. The Morgan fingerprint density at radius 2 is 2.33 bits per heavy atom. The molecule has 2 heteroatoms. The summed E-state index contributed by atoms with van der Waals surface area (Å²) in [6.45, 7) is 0.659. The van der Waals surface area contributed by atoms with Crippen LogP contribution in [-0.4, -0.2) is 13.7 Å². The summed E-state index contributed by atoms with van der Waals surface area (Å²) in [7, 11) is 1.69. The van der Waals surface area contributed by atoms with Crippen molar-refractivity contribution in [3.63, 3.8) is 0 Å². The van der Waals surface area contributed by atoms with E-state index in [4.69, 9.17) is 4.74 Å². The van der Waals surface area contributed by atoms with Crippen LogP contribution in [0.3, 0.4) is 0 Å². The molecule has 1 nitrogen and oxygen atoms in total. The highest BCUT2D eigenvalue weighted by atomic mass is 79.9. The lowest BCUT2D eigenvalue weighted by molar-refractivity contribution is 0.234. The van der Waals surface area contributed by atoms with Crippen molar-refractivity contribution in [1.29, 1.82) is 0 Å². The lowest BCUT2D eigenvalue weighted by Crippen LogP contribution is -1.80. The van der Waals surface area contributed by atoms with Crippen molar-refractivity contribution in [2.45, 2.75) is 0 Å². The fraction of sp³-hybridized carbons (Fsp3) is 0.200. The predicted octanol–water partition coefficient (Wildman–Crippen LogP) is 3.11. The second-order valence-corrected chi connectivity index (χ2v) is 3.33. The molecule has 1 aromatic rings. The van der Waals surface area contributed by atoms with E-state index in [1.54, 1.807) is 7.11 Å². The van der Waals surface area contributed by atoms with Crippen LogP contribution >= 0.6 is 15.9 Å². The first-order valence-corrected chi connectivity index (χ1v) is 4.53. The molecule has 0 aliphatic carbocycles. The van der Waals surface area contributed by atoms with Crippen LogP contribution in [0.25, 0.3) is 6.08 Å². The average molecular weight is 227 g/mol. The third-order valence-corrected chi connectivity index (χ3v) is 1.92. The van der Waals surface area contributed by atoms with Crippen molar-refractivity contribution in [3.8, 4) is 0 Å². The minimum atomic E-state index is 0.659. The molecule has 0 bridgehead atoms. The molecule has 0 atom stereocenters. The van der Waals surface area contributed by atoms with E-state index in [0.29, 0.717) is 6.61 Å². The Labute approximate surface area is 81.2 Å². The van der Waals surface area contributed by atoms with E-state index in [1.165, 1.54) is 5.56 Å². The summed E-state index contributed by atoms with van der Waals surface area (Å²) in [6.07, 6.45) is 4.02. The summed E-state index contributed by atoms with van der Waals surface area (Å²) in [4.78, 5) is 0. The standard InChI is InChI=1S/C10H11BrO/c1-12-7-3-5-9-4-2-6-10(11)8-9/h2-6,8H,7H2,1H3. The van der Waals surface area contributed by atoms with E-state index in [1.807, 2.05) is 24.3 Å². The summed E-state index contributed by atoms with van der Waals surface area (Å²) in [5.41, 5.74) is 1.18. The second kappa shape index (κ2) is 5.12. The van der Waals surface area contributed by atoms with Gasteiger partial charge in [-0.2, -0.15) is 0 Å². The first-order chi connectivity index (χ1) is 5.83. The number of halogens is 1. The maximum absolute atomic E-state index is 4.90. The molecule has 12 heavy (non-hydrogen) atoms. The van der Waals surface area contributed by atoms with E-state index in [0.717, 1.165) is 4.47 Å². The van der Waals surface area contributed by atoms with Gasteiger partial charge < -0.3 is 4.74 Å². The van der Waals surface area contributed by atoms with E-state index in [2.05, 4.69) is 28.1 Å².